The standard InChI is InChI=1S/C12H22O3/c1-5-15-11(14)8(2)6-9-7-10(13)12(9,3)4/h8-10,13H,5-7H2,1-4H3/t8-,9+,10-/m1/s1. The summed E-state index contributed by atoms with van der Waals surface area (Å²) in [5.74, 6) is 0.267. The lowest BCUT2D eigenvalue weighted by Crippen LogP contribution is -2.49. The Hall–Kier alpha value is -0.570. The summed E-state index contributed by atoms with van der Waals surface area (Å²) in [6.45, 7) is 8.29. The van der Waals surface area contributed by atoms with Crippen LogP contribution in [0.15, 0.2) is 0 Å². The summed E-state index contributed by atoms with van der Waals surface area (Å²) in [7, 11) is 0. The minimum atomic E-state index is -0.211. The van der Waals surface area contributed by atoms with Crippen LogP contribution in [-0.2, 0) is 9.53 Å². The van der Waals surface area contributed by atoms with Gasteiger partial charge in [0.1, 0.15) is 0 Å². The van der Waals surface area contributed by atoms with Crippen molar-refractivity contribution in [2.45, 2.75) is 46.6 Å². The SMILES string of the molecule is CCOC(=O)[C@H](C)C[C@H]1C[C@@H](O)C1(C)C. The number of esters is 1. The van der Waals surface area contributed by atoms with Crippen LogP contribution in [-0.4, -0.2) is 23.8 Å². The summed E-state index contributed by atoms with van der Waals surface area (Å²) in [5.41, 5.74) is -0.0409. The first kappa shape index (κ1) is 12.5. The van der Waals surface area contributed by atoms with Gasteiger partial charge in [-0.1, -0.05) is 20.8 Å². The van der Waals surface area contributed by atoms with Gasteiger partial charge in [0.25, 0.3) is 0 Å². The van der Waals surface area contributed by atoms with E-state index in [-0.39, 0.29) is 23.4 Å². The Kier molecular flexibility index (Phi) is 3.77. The van der Waals surface area contributed by atoms with E-state index >= 15 is 0 Å². The van der Waals surface area contributed by atoms with Crippen molar-refractivity contribution < 1.29 is 14.6 Å². The van der Waals surface area contributed by atoms with E-state index in [1.54, 1.807) is 0 Å². The third-order valence-corrected chi connectivity index (χ3v) is 3.75. The van der Waals surface area contributed by atoms with Crippen LogP contribution in [0.4, 0.5) is 0 Å². The molecule has 1 saturated carbocycles. The predicted molar refractivity (Wildman–Crippen MR) is 58.3 cm³/mol. The molecule has 0 amide bonds. The molecule has 3 heteroatoms. The van der Waals surface area contributed by atoms with E-state index in [4.69, 9.17) is 4.74 Å². The van der Waals surface area contributed by atoms with Crippen molar-refractivity contribution in [1.29, 1.82) is 0 Å². The van der Waals surface area contributed by atoms with Crippen LogP contribution in [0.5, 0.6) is 0 Å². The summed E-state index contributed by atoms with van der Waals surface area (Å²) in [6, 6.07) is 0. The van der Waals surface area contributed by atoms with Gasteiger partial charge < -0.3 is 9.84 Å². The monoisotopic (exact) mass is 214 g/mol. The minimum absolute atomic E-state index is 0.0409. The maximum absolute atomic E-state index is 11.4. The molecule has 0 aliphatic heterocycles. The molecule has 1 aliphatic carbocycles. The van der Waals surface area contributed by atoms with E-state index in [9.17, 15) is 9.90 Å². The Morgan fingerprint density at radius 2 is 2.20 bits per heavy atom. The van der Waals surface area contributed by atoms with Crippen LogP contribution in [0.3, 0.4) is 0 Å². The van der Waals surface area contributed by atoms with E-state index in [1.807, 2.05) is 13.8 Å². The second kappa shape index (κ2) is 4.52. The third-order valence-electron chi connectivity index (χ3n) is 3.75. The van der Waals surface area contributed by atoms with Crippen molar-refractivity contribution in [3.05, 3.63) is 0 Å². The molecule has 1 N–H and O–H groups in total. The maximum atomic E-state index is 11.4. The van der Waals surface area contributed by atoms with Gasteiger partial charge in [0.15, 0.2) is 0 Å². The van der Waals surface area contributed by atoms with Crippen molar-refractivity contribution in [2.75, 3.05) is 6.61 Å². The molecule has 0 spiro atoms. The summed E-state index contributed by atoms with van der Waals surface area (Å²) in [5, 5.41) is 9.58. The molecule has 3 atom stereocenters. The second-order valence-electron chi connectivity index (χ2n) is 5.16. The van der Waals surface area contributed by atoms with Crippen LogP contribution in [0.1, 0.15) is 40.5 Å². The molecule has 3 nitrogen and oxygen atoms in total. The average molecular weight is 214 g/mol. The number of rotatable bonds is 4. The molecule has 0 aromatic rings. The molecule has 0 unspecified atom stereocenters. The molecule has 1 rings (SSSR count). The lowest BCUT2D eigenvalue weighted by Gasteiger charge is -2.50. The highest BCUT2D eigenvalue weighted by Gasteiger charge is 2.47. The van der Waals surface area contributed by atoms with Gasteiger partial charge in [-0.2, -0.15) is 0 Å². The molecule has 0 radical (unpaired) electrons. The number of carbonyl (C=O) groups excluding carboxylic acids is 1. The van der Waals surface area contributed by atoms with Gasteiger partial charge in [0.2, 0.25) is 0 Å². The first-order valence-electron chi connectivity index (χ1n) is 5.74. The fraction of sp³-hybridized carbons (Fsp3) is 0.917. The van der Waals surface area contributed by atoms with Crippen LogP contribution in [0.25, 0.3) is 0 Å². The third kappa shape index (κ3) is 2.51. The number of aliphatic hydroxyl groups is 1. The van der Waals surface area contributed by atoms with Crippen molar-refractivity contribution in [3.8, 4) is 0 Å². The Labute approximate surface area is 91.8 Å². The van der Waals surface area contributed by atoms with E-state index < -0.39 is 0 Å². The molecule has 1 fully saturated rings. The molecule has 88 valence electrons. The van der Waals surface area contributed by atoms with E-state index in [0.717, 1.165) is 12.8 Å². The highest BCUT2D eigenvalue weighted by Crippen LogP contribution is 2.49. The molecular weight excluding hydrogens is 192 g/mol. The Bertz CT molecular complexity index is 235. The summed E-state index contributed by atoms with van der Waals surface area (Å²) >= 11 is 0. The van der Waals surface area contributed by atoms with Gasteiger partial charge in [-0.3, -0.25) is 4.79 Å². The van der Waals surface area contributed by atoms with Gasteiger partial charge in [-0.05, 0) is 31.1 Å². The average Bonchev–Trinajstić information content (AvgIpc) is 2.17. The maximum Gasteiger partial charge on any atom is 0.308 e. The van der Waals surface area contributed by atoms with Crippen LogP contribution in [0, 0.1) is 17.3 Å². The second-order valence-corrected chi connectivity index (χ2v) is 5.16. The van der Waals surface area contributed by atoms with Crippen LogP contribution >= 0.6 is 0 Å². The topological polar surface area (TPSA) is 46.5 Å². The first-order chi connectivity index (χ1) is 6.89. The summed E-state index contributed by atoms with van der Waals surface area (Å²) in [6.07, 6.45) is 1.43. The van der Waals surface area contributed by atoms with Gasteiger partial charge in [0, 0.05) is 0 Å². The van der Waals surface area contributed by atoms with E-state index in [0.29, 0.717) is 12.5 Å². The molecular formula is C12H22O3. The van der Waals surface area contributed by atoms with Gasteiger partial charge in [-0.25, -0.2) is 0 Å². The number of hydrogen-bond acceptors (Lipinski definition) is 3. The van der Waals surface area contributed by atoms with Gasteiger partial charge in [0.05, 0.1) is 18.6 Å². The number of aliphatic hydroxyl groups excluding tert-OH is 1. The van der Waals surface area contributed by atoms with Crippen LogP contribution < -0.4 is 0 Å². The lowest BCUT2D eigenvalue weighted by atomic mass is 9.58. The molecule has 15 heavy (non-hydrogen) atoms. The Morgan fingerprint density at radius 1 is 1.60 bits per heavy atom. The highest BCUT2D eigenvalue weighted by atomic mass is 16.5. The molecule has 0 aromatic heterocycles. The lowest BCUT2D eigenvalue weighted by molar-refractivity contribution is -0.152. The zero-order chi connectivity index (χ0) is 11.6. The van der Waals surface area contributed by atoms with Gasteiger partial charge >= 0.3 is 5.97 Å². The number of hydrogen-bond donors (Lipinski definition) is 1. The fourth-order valence-corrected chi connectivity index (χ4v) is 2.20. The highest BCUT2D eigenvalue weighted by molar-refractivity contribution is 5.71. The molecule has 1 aliphatic rings. The Balaban J connectivity index is 2.40. The van der Waals surface area contributed by atoms with E-state index in [1.165, 1.54) is 0 Å². The smallest absolute Gasteiger partial charge is 0.308 e. The zero-order valence-corrected chi connectivity index (χ0v) is 10.1. The molecule has 0 saturated heterocycles. The number of ether oxygens (including phenoxy) is 1. The van der Waals surface area contributed by atoms with Crippen molar-refractivity contribution in [3.63, 3.8) is 0 Å². The van der Waals surface area contributed by atoms with Gasteiger partial charge in [-0.15, -0.1) is 0 Å². The summed E-state index contributed by atoms with van der Waals surface area (Å²) < 4.78 is 4.97. The molecule has 0 aromatic carbocycles. The normalized spacial score (nSPS) is 30.5. The summed E-state index contributed by atoms with van der Waals surface area (Å²) in [4.78, 5) is 11.4. The molecule has 0 heterocycles. The minimum Gasteiger partial charge on any atom is -0.466 e. The largest absolute Gasteiger partial charge is 0.466 e. The zero-order valence-electron chi connectivity index (χ0n) is 10.1. The Morgan fingerprint density at radius 3 is 2.60 bits per heavy atom. The van der Waals surface area contributed by atoms with Crippen LogP contribution in [0.2, 0.25) is 0 Å². The number of carbonyl (C=O) groups is 1. The predicted octanol–water partition coefficient (Wildman–Crippen LogP) is 1.98. The van der Waals surface area contributed by atoms with Crippen molar-refractivity contribution >= 4 is 5.97 Å². The fourth-order valence-electron chi connectivity index (χ4n) is 2.20. The quantitative estimate of drug-likeness (QED) is 0.728. The van der Waals surface area contributed by atoms with Crippen molar-refractivity contribution in [1.82, 2.24) is 0 Å². The van der Waals surface area contributed by atoms with E-state index in [2.05, 4.69) is 13.8 Å². The first-order valence-corrected chi connectivity index (χ1v) is 5.74. The van der Waals surface area contributed by atoms with Crippen molar-refractivity contribution in [2.24, 2.45) is 17.3 Å². The molecule has 0 bridgehead atoms.